The molecule has 0 bridgehead atoms. The summed E-state index contributed by atoms with van der Waals surface area (Å²) in [6, 6.07) is 2.78. The Kier molecular flexibility index (Phi) is 4.16. The first-order valence-corrected chi connectivity index (χ1v) is 6.59. The van der Waals surface area contributed by atoms with Crippen LogP contribution in [0.4, 0.5) is 0 Å². The Balaban J connectivity index is 2.05. The summed E-state index contributed by atoms with van der Waals surface area (Å²) < 4.78 is 5.73. The fraction of sp³-hybridized carbons (Fsp3) is 1.00. The lowest BCUT2D eigenvalue weighted by Crippen LogP contribution is -2.23. The van der Waals surface area contributed by atoms with Crippen LogP contribution in [-0.2, 0) is 4.43 Å². The maximum Gasteiger partial charge on any atom is 0.211 e. The van der Waals surface area contributed by atoms with Gasteiger partial charge in [-0.05, 0) is 24.4 Å². The topological polar surface area (TPSA) is 9.23 Å². The van der Waals surface area contributed by atoms with Gasteiger partial charge in [0.1, 0.15) is 0 Å². The summed E-state index contributed by atoms with van der Waals surface area (Å²) in [5.41, 5.74) is 0. The van der Waals surface area contributed by atoms with Crippen molar-refractivity contribution in [2.75, 3.05) is 6.61 Å². The highest BCUT2D eigenvalue weighted by atomic mass is 28.3. The molecule has 0 aromatic rings. The Hall–Kier alpha value is 0.177. The zero-order valence-electron chi connectivity index (χ0n) is 7.73. The van der Waals surface area contributed by atoms with Crippen molar-refractivity contribution < 1.29 is 4.43 Å². The van der Waals surface area contributed by atoms with E-state index < -0.39 is 0 Å². The molecule has 0 atom stereocenters. The summed E-state index contributed by atoms with van der Waals surface area (Å²) in [7, 11) is -0.343. The Morgan fingerprint density at radius 3 is 2.73 bits per heavy atom. The van der Waals surface area contributed by atoms with Crippen LogP contribution in [0.3, 0.4) is 0 Å². The Bertz CT molecular complexity index is 97.7. The second-order valence-corrected chi connectivity index (χ2v) is 6.14. The van der Waals surface area contributed by atoms with Gasteiger partial charge < -0.3 is 4.43 Å². The fourth-order valence-corrected chi connectivity index (χ4v) is 3.88. The first kappa shape index (κ1) is 9.27. The average molecular weight is 171 g/mol. The molecule has 0 aliphatic carbocycles. The molecular weight excluding hydrogens is 152 g/mol. The maximum absolute atomic E-state index is 5.73. The second kappa shape index (κ2) is 4.94. The molecule has 0 unspecified atom stereocenters. The smallest absolute Gasteiger partial charge is 0.211 e. The first-order valence-electron chi connectivity index (χ1n) is 4.76. The van der Waals surface area contributed by atoms with Crippen molar-refractivity contribution in [1.29, 1.82) is 0 Å². The first-order chi connectivity index (χ1) is 5.29. The van der Waals surface area contributed by atoms with Crippen molar-refractivity contribution in [3.63, 3.8) is 0 Å². The normalized spacial score (nSPS) is 21.0. The zero-order chi connectivity index (χ0) is 8.10. The van der Waals surface area contributed by atoms with Crippen LogP contribution >= 0.6 is 0 Å². The van der Waals surface area contributed by atoms with Gasteiger partial charge in [0.25, 0.3) is 0 Å². The second-order valence-electron chi connectivity index (χ2n) is 3.78. The van der Waals surface area contributed by atoms with Gasteiger partial charge in [-0.2, -0.15) is 0 Å². The molecule has 0 aromatic carbocycles. The van der Waals surface area contributed by atoms with Crippen LogP contribution in [0.25, 0.3) is 0 Å². The quantitative estimate of drug-likeness (QED) is 0.593. The monoisotopic (exact) mass is 171 g/mol. The van der Waals surface area contributed by atoms with Crippen molar-refractivity contribution in [3.8, 4) is 0 Å². The van der Waals surface area contributed by atoms with Crippen molar-refractivity contribution >= 4 is 9.04 Å². The highest BCUT2D eigenvalue weighted by Crippen LogP contribution is 2.17. The number of hydrogen-bond donors (Lipinski definition) is 0. The van der Waals surface area contributed by atoms with E-state index in [9.17, 15) is 0 Å². The lowest BCUT2D eigenvalue weighted by atomic mass is 10.2. The van der Waals surface area contributed by atoms with Gasteiger partial charge in [-0.25, -0.2) is 0 Å². The van der Waals surface area contributed by atoms with Gasteiger partial charge in [0.2, 0.25) is 9.04 Å². The van der Waals surface area contributed by atoms with Crippen molar-refractivity contribution in [2.45, 2.75) is 45.2 Å². The maximum atomic E-state index is 5.73. The minimum Gasteiger partial charge on any atom is -0.417 e. The molecule has 1 fully saturated rings. The molecule has 1 saturated heterocycles. The third kappa shape index (κ3) is 3.92. The Labute approximate surface area is 71.9 Å². The molecule has 0 saturated carbocycles. The number of rotatable bonds is 3. The molecule has 0 N–H and O–H groups in total. The molecule has 11 heavy (non-hydrogen) atoms. The predicted molar refractivity (Wildman–Crippen MR) is 50.0 cm³/mol. The SMILES string of the molecule is CC(C)CC[Si]1CCCCO1. The van der Waals surface area contributed by atoms with Gasteiger partial charge in [0.05, 0.1) is 0 Å². The van der Waals surface area contributed by atoms with E-state index >= 15 is 0 Å². The minimum atomic E-state index is -0.343. The Morgan fingerprint density at radius 1 is 1.36 bits per heavy atom. The van der Waals surface area contributed by atoms with Gasteiger partial charge in [0.15, 0.2) is 0 Å². The van der Waals surface area contributed by atoms with Crippen molar-refractivity contribution in [2.24, 2.45) is 5.92 Å². The van der Waals surface area contributed by atoms with E-state index in [-0.39, 0.29) is 9.04 Å². The zero-order valence-corrected chi connectivity index (χ0v) is 8.73. The summed E-state index contributed by atoms with van der Waals surface area (Å²) in [5.74, 6) is 0.859. The standard InChI is InChI=1S/C9H19OSi/c1-9(2)5-8-11-7-4-3-6-10-11/h9H,3-8H2,1-2H3. The molecule has 0 aromatic heterocycles. The van der Waals surface area contributed by atoms with Crippen LogP contribution in [0.15, 0.2) is 0 Å². The van der Waals surface area contributed by atoms with E-state index in [1.165, 1.54) is 31.4 Å². The highest BCUT2D eigenvalue weighted by Gasteiger charge is 2.16. The molecule has 1 rings (SSSR count). The molecule has 1 nitrogen and oxygen atoms in total. The van der Waals surface area contributed by atoms with E-state index in [1.54, 1.807) is 0 Å². The van der Waals surface area contributed by atoms with Gasteiger partial charge in [-0.3, -0.25) is 0 Å². The molecule has 2 heteroatoms. The lowest BCUT2D eigenvalue weighted by molar-refractivity contribution is 0.284. The third-order valence-corrected chi connectivity index (χ3v) is 4.53. The van der Waals surface area contributed by atoms with Crippen LogP contribution in [0.1, 0.15) is 33.1 Å². The molecule has 1 aliphatic heterocycles. The van der Waals surface area contributed by atoms with E-state index in [0.29, 0.717) is 0 Å². The van der Waals surface area contributed by atoms with Crippen LogP contribution in [0.2, 0.25) is 12.1 Å². The molecule has 1 heterocycles. The molecular formula is C9H19OSi. The average Bonchev–Trinajstić information content (AvgIpc) is 2.03. The van der Waals surface area contributed by atoms with E-state index in [2.05, 4.69) is 13.8 Å². The van der Waals surface area contributed by atoms with Gasteiger partial charge in [0, 0.05) is 6.61 Å². The van der Waals surface area contributed by atoms with Gasteiger partial charge in [-0.1, -0.05) is 26.7 Å². The fourth-order valence-electron chi connectivity index (χ4n) is 1.36. The molecule has 65 valence electrons. The predicted octanol–water partition coefficient (Wildman–Crippen LogP) is 2.83. The summed E-state index contributed by atoms with van der Waals surface area (Å²) in [5, 5.41) is 0. The van der Waals surface area contributed by atoms with Crippen LogP contribution < -0.4 is 0 Å². The minimum absolute atomic E-state index is 0.343. The number of hydrogen-bond acceptors (Lipinski definition) is 1. The summed E-state index contributed by atoms with van der Waals surface area (Å²) in [6.45, 7) is 5.64. The highest BCUT2D eigenvalue weighted by molar-refractivity contribution is 6.51. The summed E-state index contributed by atoms with van der Waals surface area (Å²) in [6.07, 6.45) is 4.09. The molecule has 1 radical (unpaired) electrons. The molecule has 0 amide bonds. The molecule has 1 aliphatic rings. The van der Waals surface area contributed by atoms with E-state index in [4.69, 9.17) is 4.43 Å². The van der Waals surface area contributed by atoms with Crippen molar-refractivity contribution in [1.82, 2.24) is 0 Å². The van der Waals surface area contributed by atoms with Crippen LogP contribution in [-0.4, -0.2) is 15.6 Å². The van der Waals surface area contributed by atoms with Gasteiger partial charge in [-0.15, -0.1) is 0 Å². The summed E-state index contributed by atoms with van der Waals surface area (Å²) in [4.78, 5) is 0. The largest absolute Gasteiger partial charge is 0.417 e. The lowest BCUT2D eigenvalue weighted by Gasteiger charge is -2.20. The molecule has 0 spiro atoms. The van der Waals surface area contributed by atoms with Crippen LogP contribution in [0, 0.1) is 5.92 Å². The van der Waals surface area contributed by atoms with E-state index in [0.717, 1.165) is 12.5 Å². The van der Waals surface area contributed by atoms with Crippen molar-refractivity contribution in [3.05, 3.63) is 0 Å². The third-order valence-electron chi connectivity index (χ3n) is 2.16. The Morgan fingerprint density at radius 2 is 2.18 bits per heavy atom. The van der Waals surface area contributed by atoms with E-state index in [1.807, 2.05) is 0 Å². The van der Waals surface area contributed by atoms with Gasteiger partial charge >= 0.3 is 0 Å². The summed E-state index contributed by atoms with van der Waals surface area (Å²) >= 11 is 0. The van der Waals surface area contributed by atoms with Crippen LogP contribution in [0.5, 0.6) is 0 Å².